The smallest absolute Gasteiger partial charge is 0.112 e. The third-order valence-electron chi connectivity index (χ3n) is 3.50. The molecule has 1 atom stereocenters. The number of nitrogens with zero attached hydrogens (tertiary/aromatic N) is 1. The van der Waals surface area contributed by atoms with E-state index in [1.54, 1.807) is 0 Å². The van der Waals surface area contributed by atoms with Crippen molar-refractivity contribution in [3.63, 3.8) is 0 Å². The van der Waals surface area contributed by atoms with E-state index in [0.717, 1.165) is 17.1 Å². The van der Waals surface area contributed by atoms with Gasteiger partial charge in [0.1, 0.15) is 6.54 Å². The zero-order chi connectivity index (χ0) is 7.90. The van der Waals surface area contributed by atoms with Crippen LogP contribution in [0.2, 0.25) is 0 Å². The average molecular weight is 156 g/mol. The highest BCUT2D eigenvalue weighted by Crippen LogP contribution is 2.30. The topological polar surface area (TPSA) is 38.0 Å². The Morgan fingerprint density at radius 1 is 1.36 bits per heavy atom. The number of hydrogen-bond donors (Lipinski definition) is 2. The van der Waals surface area contributed by atoms with E-state index in [2.05, 4.69) is 12.5 Å². The molecule has 64 valence electrons. The summed E-state index contributed by atoms with van der Waals surface area (Å²) in [5, 5.41) is 0. The van der Waals surface area contributed by atoms with Crippen LogP contribution in [0.25, 0.3) is 0 Å². The predicted molar refractivity (Wildman–Crippen MR) is 44.6 cm³/mol. The van der Waals surface area contributed by atoms with Gasteiger partial charge in [0, 0.05) is 19.9 Å². The van der Waals surface area contributed by atoms with Crippen LogP contribution in [-0.2, 0) is 0 Å². The molecule has 3 N–H and O–H groups in total. The summed E-state index contributed by atoms with van der Waals surface area (Å²) in [4.78, 5) is 0. The van der Waals surface area contributed by atoms with Crippen molar-refractivity contribution in [3.8, 4) is 0 Å². The molecule has 3 heteroatoms. The number of quaternary nitrogens is 1. The maximum Gasteiger partial charge on any atom is 0.112 e. The van der Waals surface area contributed by atoms with Crippen LogP contribution in [0.15, 0.2) is 0 Å². The highest BCUT2D eigenvalue weighted by atomic mass is 15.7. The van der Waals surface area contributed by atoms with Gasteiger partial charge in [-0.3, -0.25) is 0 Å². The Morgan fingerprint density at radius 2 is 2.00 bits per heavy atom. The Bertz CT molecular complexity index is 149. The summed E-state index contributed by atoms with van der Waals surface area (Å²) in [6, 6.07) is 0.449. The molecule has 0 spiro atoms. The highest BCUT2D eigenvalue weighted by molar-refractivity contribution is 4.81. The fourth-order valence-corrected chi connectivity index (χ4v) is 2.56. The number of fused-ring (bicyclic) bond motifs is 3. The molecule has 0 amide bonds. The number of rotatable bonds is 1. The molecule has 3 aliphatic rings. The van der Waals surface area contributed by atoms with Crippen molar-refractivity contribution in [1.82, 2.24) is 5.43 Å². The van der Waals surface area contributed by atoms with Crippen LogP contribution >= 0.6 is 0 Å². The summed E-state index contributed by atoms with van der Waals surface area (Å²) in [5.41, 5.74) is 9.42. The van der Waals surface area contributed by atoms with Gasteiger partial charge in [-0.15, -0.1) is 0 Å². The van der Waals surface area contributed by atoms with Crippen LogP contribution in [-0.4, -0.2) is 37.3 Å². The molecule has 1 unspecified atom stereocenters. The summed E-state index contributed by atoms with van der Waals surface area (Å²) in [6.07, 6.45) is 2.64. The first-order valence-electron chi connectivity index (χ1n) is 4.56. The molecular weight excluding hydrogens is 138 g/mol. The lowest BCUT2D eigenvalue weighted by molar-refractivity contribution is -0.981. The number of nitrogens with one attached hydrogen (secondary N) is 1. The van der Waals surface area contributed by atoms with Crippen molar-refractivity contribution >= 4 is 0 Å². The minimum Gasteiger partial charge on any atom is -0.323 e. The van der Waals surface area contributed by atoms with E-state index < -0.39 is 0 Å². The monoisotopic (exact) mass is 156 g/mol. The number of hydrogen-bond acceptors (Lipinski definition) is 2. The summed E-state index contributed by atoms with van der Waals surface area (Å²) < 4.78 is 1.07. The van der Waals surface area contributed by atoms with Gasteiger partial charge < -0.3 is 5.73 Å². The van der Waals surface area contributed by atoms with Gasteiger partial charge in [-0.05, 0) is 5.92 Å². The van der Waals surface area contributed by atoms with Gasteiger partial charge in [0.25, 0.3) is 0 Å². The molecule has 2 bridgehead atoms. The molecule has 3 rings (SSSR count). The summed E-state index contributed by atoms with van der Waals surface area (Å²) in [5.74, 6) is 0.823. The lowest BCUT2D eigenvalue weighted by atomic mass is 9.84. The van der Waals surface area contributed by atoms with Crippen LogP contribution in [0.1, 0.15) is 12.8 Å². The zero-order valence-corrected chi connectivity index (χ0v) is 7.21. The average Bonchev–Trinajstić information content (AvgIpc) is 2.06. The Balaban J connectivity index is 2.12. The number of nitrogens with two attached hydrogens (primary N) is 1. The first-order valence-corrected chi connectivity index (χ1v) is 4.56. The zero-order valence-electron chi connectivity index (χ0n) is 7.21. The predicted octanol–water partition coefficient (Wildman–Crippen LogP) is -0.311. The van der Waals surface area contributed by atoms with Crippen molar-refractivity contribution in [1.29, 1.82) is 0 Å². The van der Waals surface area contributed by atoms with Crippen molar-refractivity contribution in [3.05, 3.63) is 0 Å². The summed E-state index contributed by atoms with van der Waals surface area (Å²) in [7, 11) is 2.05. The Labute approximate surface area is 68.1 Å². The van der Waals surface area contributed by atoms with E-state index in [-0.39, 0.29) is 0 Å². The summed E-state index contributed by atoms with van der Waals surface area (Å²) in [6.45, 7) is 3.71. The second-order valence-electron chi connectivity index (χ2n) is 4.00. The Morgan fingerprint density at radius 3 is 2.36 bits per heavy atom. The molecule has 3 heterocycles. The Kier molecular flexibility index (Phi) is 1.67. The van der Waals surface area contributed by atoms with E-state index in [1.165, 1.54) is 25.9 Å². The van der Waals surface area contributed by atoms with E-state index in [0.29, 0.717) is 6.04 Å². The Hall–Kier alpha value is -0.120. The van der Waals surface area contributed by atoms with Gasteiger partial charge in [0.15, 0.2) is 0 Å². The van der Waals surface area contributed by atoms with Crippen molar-refractivity contribution < 1.29 is 4.59 Å². The largest absolute Gasteiger partial charge is 0.323 e. The highest BCUT2D eigenvalue weighted by Gasteiger charge is 2.43. The molecule has 3 aliphatic heterocycles. The fourth-order valence-electron chi connectivity index (χ4n) is 2.56. The molecule has 0 aromatic heterocycles. The first kappa shape index (κ1) is 7.53. The molecule has 3 fully saturated rings. The quantitative estimate of drug-likeness (QED) is 0.511. The van der Waals surface area contributed by atoms with Crippen LogP contribution in [0.5, 0.6) is 0 Å². The second kappa shape index (κ2) is 2.44. The molecule has 3 saturated heterocycles. The van der Waals surface area contributed by atoms with E-state index in [1.807, 2.05) is 0 Å². The van der Waals surface area contributed by atoms with Gasteiger partial charge in [-0.1, -0.05) is 0 Å². The van der Waals surface area contributed by atoms with Crippen molar-refractivity contribution in [2.24, 2.45) is 11.7 Å². The van der Waals surface area contributed by atoms with Crippen LogP contribution in [0, 0.1) is 5.92 Å². The second-order valence-corrected chi connectivity index (χ2v) is 4.00. The van der Waals surface area contributed by atoms with Crippen molar-refractivity contribution in [2.45, 2.75) is 18.9 Å². The normalized spacial score (nSPS) is 49.6. The lowest BCUT2D eigenvalue weighted by Crippen LogP contribution is -2.70. The van der Waals surface area contributed by atoms with E-state index in [4.69, 9.17) is 5.73 Å². The van der Waals surface area contributed by atoms with Gasteiger partial charge >= 0.3 is 0 Å². The van der Waals surface area contributed by atoms with Crippen LogP contribution < -0.4 is 11.2 Å². The minimum absolute atomic E-state index is 0.449. The molecule has 0 aromatic carbocycles. The van der Waals surface area contributed by atoms with Gasteiger partial charge in [0.05, 0.1) is 19.1 Å². The van der Waals surface area contributed by atoms with E-state index >= 15 is 0 Å². The molecule has 0 aromatic rings. The molecule has 0 radical (unpaired) electrons. The standard InChI is InChI=1S/C8H18N3/c1-10-11-4-2-7(3-5-11)8(9)6-11/h7-8,10H,2-6,9H2,1H3/q+1. The third kappa shape index (κ3) is 1.08. The molecule has 0 aliphatic carbocycles. The maximum absolute atomic E-state index is 6.03. The maximum atomic E-state index is 6.03. The van der Waals surface area contributed by atoms with Gasteiger partial charge in [-0.25, -0.2) is 4.59 Å². The molecule has 0 saturated carbocycles. The van der Waals surface area contributed by atoms with Crippen molar-refractivity contribution in [2.75, 3.05) is 26.7 Å². The lowest BCUT2D eigenvalue weighted by Gasteiger charge is -2.50. The molecule has 11 heavy (non-hydrogen) atoms. The molecule has 3 nitrogen and oxygen atoms in total. The number of piperidine rings is 3. The third-order valence-corrected chi connectivity index (χ3v) is 3.50. The molecular formula is C8H18N3+. The van der Waals surface area contributed by atoms with Gasteiger partial charge in [-0.2, -0.15) is 5.43 Å². The fraction of sp³-hybridized carbons (Fsp3) is 1.00. The first-order chi connectivity index (χ1) is 5.26. The SMILES string of the molecule is CN[N+]12CCC(CC1)C(N)C2. The minimum atomic E-state index is 0.449. The van der Waals surface area contributed by atoms with Crippen LogP contribution in [0.3, 0.4) is 0 Å². The summed E-state index contributed by atoms with van der Waals surface area (Å²) >= 11 is 0. The van der Waals surface area contributed by atoms with Crippen LogP contribution in [0.4, 0.5) is 0 Å². The van der Waals surface area contributed by atoms with E-state index in [9.17, 15) is 0 Å². The van der Waals surface area contributed by atoms with Gasteiger partial charge in [0.2, 0.25) is 0 Å².